The van der Waals surface area contributed by atoms with Crippen LogP contribution in [0.15, 0.2) is 36.4 Å². The van der Waals surface area contributed by atoms with Gasteiger partial charge in [-0.1, -0.05) is 48.4 Å². The standard InChI is InChI=1S/C21H25ClN4O2S/c1-4-20-24-25-21(29)26(20)23-12-16-10-18(27-5-2)19(11-17(16)22)28-13-15-8-6-14(3)7-9-15/h6-11,23H,4-5,12-13H2,1-3H3,(H,25,29). The summed E-state index contributed by atoms with van der Waals surface area (Å²) in [6, 6.07) is 11.9. The van der Waals surface area contributed by atoms with Gasteiger partial charge in [-0.15, -0.1) is 0 Å². The van der Waals surface area contributed by atoms with E-state index in [1.807, 2.05) is 19.9 Å². The zero-order valence-electron chi connectivity index (χ0n) is 16.8. The first-order chi connectivity index (χ1) is 14.0. The molecule has 0 bridgehead atoms. The molecule has 0 aliphatic carbocycles. The van der Waals surface area contributed by atoms with Crippen molar-refractivity contribution >= 4 is 23.8 Å². The van der Waals surface area contributed by atoms with Crippen molar-refractivity contribution < 1.29 is 9.47 Å². The minimum absolute atomic E-state index is 0.443. The molecule has 0 radical (unpaired) electrons. The number of aromatic amines is 1. The molecular formula is C21H25ClN4O2S. The SMILES string of the molecule is CCOc1cc(CNn2c(CC)n[nH]c2=S)c(Cl)cc1OCc1ccc(C)cc1. The second-order valence-electron chi connectivity index (χ2n) is 6.57. The van der Waals surface area contributed by atoms with Crippen LogP contribution in [-0.2, 0) is 19.6 Å². The average Bonchev–Trinajstić information content (AvgIpc) is 3.07. The Morgan fingerprint density at radius 3 is 2.55 bits per heavy atom. The van der Waals surface area contributed by atoms with Crippen molar-refractivity contribution in [2.75, 3.05) is 12.0 Å². The van der Waals surface area contributed by atoms with E-state index in [0.29, 0.717) is 41.1 Å². The summed E-state index contributed by atoms with van der Waals surface area (Å²) in [7, 11) is 0. The maximum Gasteiger partial charge on any atom is 0.214 e. The first kappa shape index (κ1) is 21.2. The van der Waals surface area contributed by atoms with Crippen LogP contribution in [0.2, 0.25) is 5.02 Å². The normalized spacial score (nSPS) is 10.8. The van der Waals surface area contributed by atoms with Crippen LogP contribution in [0.3, 0.4) is 0 Å². The molecule has 0 aliphatic rings. The van der Waals surface area contributed by atoms with Gasteiger partial charge in [0.25, 0.3) is 0 Å². The molecule has 0 amide bonds. The van der Waals surface area contributed by atoms with Gasteiger partial charge in [-0.3, -0.25) is 5.10 Å². The summed E-state index contributed by atoms with van der Waals surface area (Å²) in [5.41, 5.74) is 6.44. The van der Waals surface area contributed by atoms with Crippen LogP contribution < -0.4 is 14.9 Å². The maximum atomic E-state index is 6.52. The highest BCUT2D eigenvalue weighted by molar-refractivity contribution is 7.71. The highest BCUT2D eigenvalue weighted by atomic mass is 35.5. The third kappa shape index (κ3) is 5.31. The van der Waals surface area contributed by atoms with Crippen LogP contribution in [0.4, 0.5) is 0 Å². The number of rotatable bonds is 9. The summed E-state index contributed by atoms with van der Waals surface area (Å²) in [5.74, 6) is 2.11. The van der Waals surface area contributed by atoms with Crippen LogP contribution >= 0.6 is 23.8 Å². The lowest BCUT2D eigenvalue weighted by Gasteiger charge is -2.16. The number of aromatic nitrogens is 3. The Bertz CT molecular complexity index is 1010. The molecule has 29 heavy (non-hydrogen) atoms. The van der Waals surface area contributed by atoms with Crippen LogP contribution in [0, 0.1) is 11.7 Å². The molecule has 3 rings (SSSR count). The van der Waals surface area contributed by atoms with Gasteiger partial charge in [0.1, 0.15) is 6.61 Å². The van der Waals surface area contributed by atoms with Crippen molar-refractivity contribution in [1.82, 2.24) is 14.9 Å². The number of hydrogen-bond acceptors (Lipinski definition) is 5. The van der Waals surface area contributed by atoms with Crippen LogP contribution in [0.5, 0.6) is 11.5 Å². The molecule has 2 aromatic carbocycles. The number of aryl methyl sites for hydroxylation is 2. The predicted octanol–water partition coefficient (Wildman–Crippen LogP) is 5.19. The largest absolute Gasteiger partial charge is 0.490 e. The topological polar surface area (TPSA) is 64.1 Å². The number of nitrogens with one attached hydrogen (secondary N) is 2. The van der Waals surface area contributed by atoms with Gasteiger partial charge in [-0.25, -0.2) is 4.68 Å². The van der Waals surface area contributed by atoms with Gasteiger partial charge in [0, 0.05) is 17.5 Å². The summed E-state index contributed by atoms with van der Waals surface area (Å²) in [6.07, 6.45) is 0.754. The smallest absolute Gasteiger partial charge is 0.214 e. The van der Waals surface area contributed by atoms with Gasteiger partial charge in [0.05, 0.1) is 13.2 Å². The fourth-order valence-electron chi connectivity index (χ4n) is 2.83. The van der Waals surface area contributed by atoms with Crippen molar-refractivity contribution in [3.05, 3.63) is 68.7 Å². The Morgan fingerprint density at radius 2 is 1.86 bits per heavy atom. The van der Waals surface area contributed by atoms with Gasteiger partial charge < -0.3 is 14.9 Å². The van der Waals surface area contributed by atoms with E-state index in [4.69, 9.17) is 33.3 Å². The van der Waals surface area contributed by atoms with Crippen molar-refractivity contribution in [2.24, 2.45) is 0 Å². The lowest BCUT2D eigenvalue weighted by Crippen LogP contribution is -2.17. The molecule has 1 aromatic heterocycles. The molecule has 0 fully saturated rings. The van der Waals surface area contributed by atoms with Crippen molar-refractivity contribution in [3.63, 3.8) is 0 Å². The van der Waals surface area contributed by atoms with E-state index in [9.17, 15) is 0 Å². The molecule has 6 nitrogen and oxygen atoms in total. The zero-order chi connectivity index (χ0) is 20.8. The number of halogens is 1. The molecule has 1 heterocycles. The maximum absolute atomic E-state index is 6.52. The van der Waals surface area contributed by atoms with E-state index in [2.05, 4.69) is 46.8 Å². The predicted molar refractivity (Wildman–Crippen MR) is 118 cm³/mol. The molecule has 0 unspecified atom stereocenters. The molecule has 0 saturated heterocycles. The van der Waals surface area contributed by atoms with E-state index in [0.717, 1.165) is 23.4 Å². The zero-order valence-corrected chi connectivity index (χ0v) is 18.4. The number of H-pyrrole nitrogens is 1. The van der Waals surface area contributed by atoms with Gasteiger partial charge >= 0.3 is 0 Å². The molecule has 3 aromatic rings. The second kappa shape index (κ2) is 9.80. The van der Waals surface area contributed by atoms with Crippen molar-refractivity contribution in [2.45, 2.75) is 40.3 Å². The Morgan fingerprint density at radius 1 is 1.14 bits per heavy atom. The first-order valence-corrected chi connectivity index (χ1v) is 10.3. The van der Waals surface area contributed by atoms with E-state index in [1.165, 1.54) is 5.56 Å². The van der Waals surface area contributed by atoms with Crippen LogP contribution in [0.25, 0.3) is 0 Å². The monoisotopic (exact) mass is 432 g/mol. The third-order valence-corrected chi connectivity index (χ3v) is 5.04. The summed E-state index contributed by atoms with van der Waals surface area (Å²) in [5, 5.41) is 7.58. The number of ether oxygens (including phenoxy) is 2. The van der Waals surface area contributed by atoms with Crippen molar-refractivity contribution in [3.8, 4) is 11.5 Å². The minimum Gasteiger partial charge on any atom is -0.490 e. The summed E-state index contributed by atoms with van der Waals surface area (Å²) in [4.78, 5) is 0. The van der Waals surface area contributed by atoms with E-state index in [1.54, 1.807) is 10.7 Å². The Labute approximate surface area is 180 Å². The third-order valence-electron chi connectivity index (χ3n) is 4.41. The van der Waals surface area contributed by atoms with Gasteiger partial charge in [0.15, 0.2) is 17.3 Å². The number of hydrogen-bond donors (Lipinski definition) is 2. The van der Waals surface area contributed by atoms with E-state index < -0.39 is 0 Å². The fraction of sp³-hybridized carbons (Fsp3) is 0.333. The highest BCUT2D eigenvalue weighted by Crippen LogP contribution is 2.34. The summed E-state index contributed by atoms with van der Waals surface area (Å²) >= 11 is 11.8. The Hall–Kier alpha value is -2.51. The first-order valence-electron chi connectivity index (χ1n) is 9.55. The molecule has 2 N–H and O–H groups in total. The molecule has 0 spiro atoms. The molecule has 154 valence electrons. The Kier molecular flexibility index (Phi) is 7.17. The second-order valence-corrected chi connectivity index (χ2v) is 7.36. The van der Waals surface area contributed by atoms with Gasteiger partial charge in [0.2, 0.25) is 4.77 Å². The van der Waals surface area contributed by atoms with E-state index in [-0.39, 0.29) is 0 Å². The Balaban J connectivity index is 1.77. The van der Waals surface area contributed by atoms with Crippen LogP contribution in [-0.4, -0.2) is 21.5 Å². The van der Waals surface area contributed by atoms with Gasteiger partial charge in [-0.2, -0.15) is 5.10 Å². The minimum atomic E-state index is 0.443. The number of benzene rings is 2. The average molecular weight is 433 g/mol. The molecular weight excluding hydrogens is 408 g/mol. The van der Waals surface area contributed by atoms with Crippen LogP contribution in [0.1, 0.15) is 36.4 Å². The lowest BCUT2D eigenvalue weighted by molar-refractivity contribution is 0.269. The lowest BCUT2D eigenvalue weighted by atomic mass is 10.1. The quantitative estimate of drug-likeness (QED) is 0.456. The molecule has 0 aliphatic heterocycles. The highest BCUT2D eigenvalue weighted by Gasteiger charge is 2.13. The molecule has 0 saturated carbocycles. The fourth-order valence-corrected chi connectivity index (χ4v) is 3.27. The summed E-state index contributed by atoms with van der Waals surface area (Å²) in [6.45, 7) is 7.46. The summed E-state index contributed by atoms with van der Waals surface area (Å²) < 4.78 is 14.1. The van der Waals surface area contributed by atoms with Crippen molar-refractivity contribution in [1.29, 1.82) is 0 Å². The number of nitrogens with zero attached hydrogens (tertiary/aromatic N) is 2. The van der Waals surface area contributed by atoms with Gasteiger partial charge in [-0.05, 0) is 43.3 Å². The molecule has 8 heteroatoms. The van der Waals surface area contributed by atoms with E-state index >= 15 is 0 Å². The molecule has 0 atom stereocenters.